The van der Waals surface area contributed by atoms with E-state index in [4.69, 9.17) is 9.15 Å². The van der Waals surface area contributed by atoms with E-state index in [0.29, 0.717) is 17.5 Å². The first-order chi connectivity index (χ1) is 10.3. The van der Waals surface area contributed by atoms with Gasteiger partial charge in [-0.2, -0.15) is 0 Å². The van der Waals surface area contributed by atoms with Crippen molar-refractivity contribution < 1.29 is 14.3 Å². The van der Waals surface area contributed by atoms with Crippen molar-refractivity contribution >= 4 is 11.8 Å². The van der Waals surface area contributed by atoms with Crippen molar-refractivity contribution in [3.05, 3.63) is 35.2 Å². The highest BCUT2D eigenvalue weighted by molar-refractivity contribution is 7.99. The quantitative estimate of drug-likeness (QED) is 0.787. The number of thioether (sulfide) groups is 1. The molecule has 1 aromatic carbocycles. The van der Waals surface area contributed by atoms with E-state index in [9.17, 15) is 5.11 Å². The van der Waals surface area contributed by atoms with E-state index in [1.807, 2.05) is 32.0 Å². The van der Waals surface area contributed by atoms with Crippen molar-refractivity contribution in [2.45, 2.75) is 51.5 Å². The number of aryl methyl sites for hydroxylation is 2. The van der Waals surface area contributed by atoms with Crippen LogP contribution in [0.3, 0.4) is 0 Å². The predicted octanol–water partition coefficient (Wildman–Crippen LogP) is 3.52. The molecule has 22 heavy (non-hydrogen) atoms. The van der Waals surface area contributed by atoms with Gasteiger partial charge in [0.15, 0.2) is 6.61 Å². The number of aromatic nitrogens is 2. The third-order valence-electron chi connectivity index (χ3n) is 3.08. The van der Waals surface area contributed by atoms with Gasteiger partial charge in [0.1, 0.15) is 5.75 Å². The van der Waals surface area contributed by atoms with Crippen molar-refractivity contribution in [3.8, 4) is 5.75 Å². The summed E-state index contributed by atoms with van der Waals surface area (Å²) in [6.07, 6.45) is 0.661. The lowest BCUT2D eigenvalue weighted by Gasteiger charge is -2.15. The molecule has 0 radical (unpaired) electrons. The summed E-state index contributed by atoms with van der Waals surface area (Å²) in [6.45, 7) is 7.84. The van der Waals surface area contributed by atoms with E-state index in [1.165, 1.54) is 11.8 Å². The summed E-state index contributed by atoms with van der Waals surface area (Å²) in [6, 6.07) is 6.06. The van der Waals surface area contributed by atoms with Gasteiger partial charge in [0.2, 0.25) is 0 Å². The lowest BCUT2D eigenvalue weighted by atomic mass is 10.1. The molecule has 0 bridgehead atoms. The zero-order valence-corrected chi connectivity index (χ0v) is 14.2. The van der Waals surface area contributed by atoms with Crippen molar-refractivity contribution in [1.29, 1.82) is 0 Å². The summed E-state index contributed by atoms with van der Waals surface area (Å²) in [5.41, 5.74) is 1.54. The molecule has 2 aromatic rings. The fourth-order valence-electron chi connectivity index (χ4n) is 1.75. The van der Waals surface area contributed by atoms with E-state index >= 15 is 0 Å². The molecule has 1 N–H and O–H groups in total. The third kappa shape index (κ3) is 5.35. The summed E-state index contributed by atoms with van der Waals surface area (Å²) in [5, 5.41) is 18.1. The smallest absolute Gasteiger partial charge is 0.276 e. The number of hydrogen-bond acceptors (Lipinski definition) is 6. The molecular formula is C16H22N2O3S. The molecule has 0 unspecified atom stereocenters. The molecule has 0 fully saturated rings. The summed E-state index contributed by atoms with van der Waals surface area (Å²) in [5.74, 6) is 2.00. The van der Waals surface area contributed by atoms with Crippen LogP contribution in [0.25, 0.3) is 0 Å². The summed E-state index contributed by atoms with van der Waals surface area (Å²) >= 11 is 1.44. The molecule has 0 amide bonds. The van der Waals surface area contributed by atoms with Gasteiger partial charge in [-0.25, -0.2) is 0 Å². The van der Waals surface area contributed by atoms with Gasteiger partial charge in [0.05, 0.1) is 5.60 Å². The fraction of sp³-hybridized carbons (Fsp3) is 0.500. The Morgan fingerprint density at radius 1 is 1.27 bits per heavy atom. The monoisotopic (exact) mass is 322 g/mol. The van der Waals surface area contributed by atoms with Crippen LogP contribution < -0.4 is 4.74 Å². The normalized spacial score (nSPS) is 11.7. The van der Waals surface area contributed by atoms with Crippen LogP contribution in [0.5, 0.6) is 5.75 Å². The number of benzene rings is 1. The molecule has 5 nitrogen and oxygen atoms in total. The van der Waals surface area contributed by atoms with Gasteiger partial charge in [-0.1, -0.05) is 23.9 Å². The highest BCUT2D eigenvalue weighted by Gasteiger charge is 2.14. The van der Waals surface area contributed by atoms with Gasteiger partial charge in [-0.3, -0.25) is 0 Å². The second-order valence-corrected chi connectivity index (χ2v) is 6.98. The first kappa shape index (κ1) is 16.8. The first-order valence-corrected chi connectivity index (χ1v) is 8.20. The van der Waals surface area contributed by atoms with Crippen molar-refractivity contribution in [1.82, 2.24) is 10.2 Å². The summed E-state index contributed by atoms with van der Waals surface area (Å²) in [4.78, 5) is 0. The zero-order chi connectivity index (χ0) is 16.2. The van der Waals surface area contributed by atoms with Gasteiger partial charge < -0.3 is 14.3 Å². The minimum atomic E-state index is -0.679. The van der Waals surface area contributed by atoms with Gasteiger partial charge >= 0.3 is 0 Å². The summed E-state index contributed by atoms with van der Waals surface area (Å²) in [7, 11) is 0. The Balaban J connectivity index is 1.85. The maximum Gasteiger partial charge on any atom is 0.276 e. The van der Waals surface area contributed by atoms with Gasteiger partial charge in [0.25, 0.3) is 11.1 Å². The highest BCUT2D eigenvalue weighted by atomic mass is 32.2. The third-order valence-corrected chi connectivity index (χ3v) is 3.90. The second kappa shape index (κ2) is 7.15. The average molecular weight is 322 g/mol. The number of hydrogen-bond donors (Lipinski definition) is 1. The Hall–Kier alpha value is -1.53. The van der Waals surface area contributed by atoms with Gasteiger partial charge in [0, 0.05) is 5.75 Å². The Labute approximate surface area is 135 Å². The van der Waals surface area contributed by atoms with E-state index in [-0.39, 0.29) is 6.61 Å². The molecule has 120 valence electrons. The Morgan fingerprint density at radius 3 is 2.77 bits per heavy atom. The number of rotatable bonds is 7. The van der Waals surface area contributed by atoms with Gasteiger partial charge in [-0.15, -0.1) is 10.2 Å². The Bertz CT molecular complexity index is 620. The minimum absolute atomic E-state index is 0.253. The molecule has 0 aliphatic rings. The average Bonchev–Trinajstić information content (AvgIpc) is 2.86. The van der Waals surface area contributed by atoms with E-state index in [2.05, 4.69) is 10.2 Å². The molecule has 0 spiro atoms. The topological polar surface area (TPSA) is 68.4 Å². The van der Waals surface area contributed by atoms with Crippen LogP contribution in [-0.4, -0.2) is 26.7 Å². The van der Waals surface area contributed by atoms with Crippen LogP contribution in [0.1, 0.15) is 37.3 Å². The molecule has 0 saturated heterocycles. The molecule has 1 heterocycles. The maximum absolute atomic E-state index is 9.66. The van der Waals surface area contributed by atoms with E-state index in [1.54, 1.807) is 13.8 Å². The molecule has 0 atom stereocenters. The zero-order valence-electron chi connectivity index (χ0n) is 13.4. The molecule has 1 aromatic heterocycles. The molecule has 2 rings (SSSR count). The number of aliphatic hydroxyl groups is 1. The Morgan fingerprint density at radius 2 is 2.05 bits per heavy atom. The van der Waals surface area contributed by atoms with Crippen LogP contribution in [0.15, 0.2) is 27.8 Å². The second-order valence-electron chi connectivity index (χ2n) is 5.93. The van der Waals surface area contributed by atoms with Crippen LogP contribution in [0, 0.1) is 13.8 Å². The summed E-state index contributed by atoms with van der Waals surface area (Å²) < 4.78 is 11.3. The number of nitrogens with zero attached hydrogens (tertiary/aromatic N) is 2. The predicted molar refractivity (Wildman–Crippen MR) is 86.2 cm³/mol. The van der Waals surface area contributed by atoms with Crippen LogP contribution in [0.2, 0.25) is 0 Å². The molecule has 0 aliphatic heterocycles. The van der Waals surface area contributed by atoms with E-state index in [0.717, 1.165) is 22.6 Å². The standard InChI is InChI=1S/C16H22N2O3S/c1-11-5-6-12(2)13(9-11)20-10-14-17-18-15(21-14)22-8-7-16(3,4)19/h5-6,9,19H,7-8,10H2,1-4H3. The number of ether oxygens (including phenoxy) is 1. The first-order valence-electron chi connectivity index (χ1n) is 7.21. The lowest BCUT2D eigenvalue weighted by molar-refractivity contribution is 0.0777. The minimum Gasteiger partial charge on any atom is -0.484 e. The maximum atomic E-state index is 9.66. The van der Waals surface area contributed by atoms with Gasteiger partial charge in [-0.05, 0) is 51.3 Å². The molecular weight excluding hydrogens is 300 g/mol. The SMILES string of the molecule is Cc1ccc(C)c(OCc2nnc(SCCC(C)(C)O)o2)c1. The fourth-order valence-corrected chi connectivity index (χ4v) is 2.78. The van der Waals surface area contributed by atoms with Crippen LogP contribution in [-0.2, 0) is 6.61 Å². The van der Waals surface area contributed by atoms with Crippen molar-refractivity contribution in [2.24, 2.45) is 0 Å². The van der Waals surface area contributed by atoms with Crippen LogP contribution >= 0.6 is 11.8 Å². The molecule has 0 aliphatic carbocycles. The molecule has 0 saturated carbocycles. The van der Waals surface area contributed by atoms with E-state index < -0.39 is 5.60 Å². The Kier molecular flexibility index (Phi) is 5.47. The van der Waals surface area contributed by atoms with Crippen LogP contribution in [0.4, 0.5) is 0 Å². The highest BCUT2D eigenvalue weighted by Crippen LogP contribution is 2.23. The lowest BCUT2D eigenvalue weighted by Crippen LogP contribution is -2.18. The molecule has 6 heteroatoms. The van der Waals surface area contributed by atoms with Crippen molar-refractivity contribution in [2.75, 3.05) is 5.75 Å². The largest absolute Gasteiger partial charge is 0.484 e. The van der Waals surface area contributed by atoms with Crippen molar-refractivity contribution in [3.63, 3.8) is 0 Å².